The van der Waals surface area contributed by atoms with Gasteiger partial charge in [-0.25, -0.2) is 4.98 Å². The summed E-state index contributed by atoms with van der Waals surface area (Å²) < 4.78 is 0.892. The Balaban J connectivity index is 1.43. The second-order valence-electron chi connectivity index (χ2n) is 5.20. The van der Waals surface area contributed by atoms with Crippen LogP contribution in [-0.2, 0) is 9.59 Å². The van der Waals surface area contributed by atoms with Crippen molar-refractivity contribution in [3.63, 3.8) is 0 Å². The molecule has 0 unspecified atom stereocenters. The van der Waals surface area contributed by atoms with E-state index in [4.69, 9.17) is 0 Å². The third kappa shape index (κ3) is 5.07. The molecule has 2 amide bonds. The number of anilines is 2. The molecule has 0 saturated heterocycles. The number of halogens is 1. The molecule has 0 bridgehead atoms. The maximum Gasteiger partial charge on any atom is 0.236 e. The summed E-state index contributed by atoms with van der Waals surface area (Å²) in [6.07, 6.45) is 0. The SMILES string of the molecule is O=C(CSCC(=O)Nc1nc2ccccc2[nH]1)Nc1cccc(Br)c1. The maximum absolute atomic E-state index is 11.9. The molecule has 0 aliphatic carbocycles. The van der Waals surface area contributed by atoms with E-state index >= 15 is 0 Å². The number of thioether (sulfide) groups is 1. The van der Waals surface area contributed by atoms with E-state index < -0.39 is 0 Å². The molecule has 3 aromatic rings. The number of aromatic amines is 1. The number of carbonyl (C=O) groups is 2. The molecule has 0 aliphatic rings. The van der Waals surface area contributed by atoms with Gasteiger partial charge in [0.1, 0.15) is 0 Å². The number of imidazole rings is 1. The topological polar surface area (TPSA) is 86.9 Å². The van der Waals surface area contributed by atoms with Crippen molar-refractivity contribution >= 4 is 62.2 Å². The van der Waals surface area contributed by atoms with Gasteiger partial charge in [-0.2, -0.15) is 0 Å². The van der Waals surface area contributed by atoms with Crippen LogP contribution >= 0.6 is 27.7 Å². The summed E-state index contributed by atoms with van der Waals surface area (Å²) in [7, 11) is 0. The Kier molecular flexibility index (Phi) is 5.72. The third-order valence-corrected chi connectivity index (χ3v) is 4.65. The number of nitrogens with zero attached hydrogens (tertiary/aromatic N) is 1. The highest BCUT2D eigenvalue weighted by Gasteiger charge is 2.09. The normalized spacial score (nSPS) is 10.6. The van der Waals surface area contributed by atoms with Crippen LogP contribution in [-0.4, -0.2) is 33.3 Å². The Morgan fingerprint density at radius 1 is 1.04 bits per heavy atom. The molecule has 1 aromatic heterocycles. The van der Waals surface area contributed by atoms with Crippen molar-refractivity contribution in [3.8, 4) is 0 Å². The zero-order valence-electron chi connectivity index (χ0n) is 13.1. The van der Waals surface area contributed by atoms with Crippen LogP contribution in [0.15, 0.2) is 53.0 Å². The lowest BCUT2D eigenvalue weighted by molar-refractivity contribution is -0.114. The summed E-state index contributed by atoms with van der Waals surface area (Å²) in [6.45, 7) is 0. The first kappa shape index (κ1) is 17.5. The number of hydrogen-bond donors (Lipinski definition) is 3. The van der Waals surface area contributed by atoms with Gasteiger partial charge >= 0.3 is 0 Å². The molecule has 0 spiro atoms. The molecule has 3 N–H and O–H groups in total. The molecule has 128 valence electrons. The van der Waals surface area contributed by atoms with Crippen LogP contribution in [0.1, 0.15) is 0 Å². The van der Waals surface area contributed by atoms with E-state index in [1.165, 1.54) is 11.8 Å². The summed E-state index contributed by atoms with van der Waals surface area (Å²) in [5.41, 5.74) is 2.37. The van der Waals surface area contributed by atoms with E-state index in [0.29, 0.717) is 11.6 Å². The average molecular weight is 419 g/mol. The number of rotatable bonds is 6. The molecular weight excluding hydrogens is 404 g/mol. The van der Waals surface area contributed by atoms with E-state index in [0.717, 1.165) is 15.5 Å². The van der Waals surface area contributed by atoms with Crippen molar-refractivity contribution in [1.82, 2.24) is 9.97 Å². The molecule has 0 saturated carbocycles. The van der Waals surface area contributed by atoms with Crippen LogP contribution in [0, 0.1) is 0 Å². The maximum atomic E-state index is 11.9. The van der Waals surface area contributed by atoms with Crippen molar-refractivity contribution in [2.24, 2.45) is 0 Å². The van der Waals surface area contributed by atoms with Gasteiger partial charge in [0, 0.05) is 10.2 Å². The fraction of sp³-hybridized carbons (Fsp3) is 0.118. The quantitative estimate of drug-likeness (QED) is 0.570. The summed E-state index contributed by atoms with van der Waals surface area (Å²) >= 11 is 4.59. The van der Waals surface area contributed by atoms with Crippen LogP contribution in [0.2, 0.25) is 0 Å². The highest BCUT2D eigenvalue weighted by Crippen LogP contribution is 2.16. The predicted molar refractivity (Wildman–Crippen MR) is 105 cm³/mol. The second kappa shape index (κ2) is 8.17. The minimum absolute atomic E-state index is 0.153. The first-order valence-electron chi connectivity index (χ1n) is 7.48. The Bertz CT molecular complexity index is 879. The van der Waals surface area contributed by atoms with E-state index in [-0.39, 0.29) is 23.3 Å². The van der Waals surface area contributed by atoms with E-state index in [9.17, 15) is 9.59 Å². The molecule has 1 heterocycles. The lowest BCUT2D eigenvalue weighted by Gasteiger charge is -2.05. The summed E-state index contributed by atoms with van der Waals surface area (Å²) in [5, 5.41) is 5.48. The highest BCUT2D eigenvalue weighted by molar-refractivity contribution is 9.10. The zero-order valence-corrected chi connectivity index (χ0v) is 15.5. The molecule has 25 heavy (non-hydrogen) atoms. The number of benzene rings is 2. The number of H-pyrrole nitrogens is 1. The van der Waals surface area contributed by atoms with Gasteiger partial charge in [-0.15, -0.1) is 11.8 Å². The number of carbonyl (C=O) groups excluding carboxylic acids is 2. The monoisotopic (exact) mass is 418 g/mol. The highest BCUT2D eigenvalue weighted by atomic mass is 79.9. The molecular formula is C17H15BrN4O2S. The van der Waals surface area contributed by atoms with Crippen molar-refractivity contribution < 1.29 is 9.59 Å². The number of para-hydroxylation sites is 2. The second-order valence-corrected chi connectivity index (χ2v) is 7.10. The Hall–Kier alpha value is -2.32. The number of aromatic nitrogens is 2. The van der Waals surface area contributed by atoms with Crippen LogP contribution in [0.25, 0.3) is 11.0 Å². The standard InChI is InChI=1S/C17H15BrN4O2S/c18-11-4-3-5-12(8-11)19-15(23)9-25-10-16(24)22-17-20-13-6-1-2-7-14(13)21-17/h1-8H,9-10H2,(H,19,23)(H2,20,21,22,24). The fourth-order valence-electron chi connectivity index (χ4n) is 2.18. The molecule has 3 rings (SSSR count). The van der Waals surface area contributed by atoms with E-state index in [2.05, 4.69) is 36.5 Å². The van der Waals surface area contributed by atoms with Crippen LogP contribution in [0.4, 0.5) is 11.6 Å². The molecule has 0 aliphatic heterocycles. The number of hydrogen-bond acceptors (Lipinski definition) is 4. The number of amides is 2. The molecule has 6 nitrogen and oxygen atoms in total. The summed E-state index contributed by atoms with van der Waals surface area (Å²) in [6, 6.07) is 14.9. The largest absolute Gasteiger partial charge is 0.325 e. The van der Waals surface area contributed by atoms with Crippen molar-refractivity contribution in [2.75, 3.05) is 22.1 Å². The minimum Gasteiger partial charge on any atom is -0.325 e. The van der Waals surface area contributed by atoms with Gasteiger partial charge in [0.25, 0.3) is 0 Å². The molecule has 2 aromatic carbocycles. The van der Waals surface area contributed by atoms with Gasteiger partial charge in [0.05, 0.1) is 22.5 Å². The van der Waals surface area contributed by atoms with Crippen LogP contribution in [0.5, 0.6) is 0 Å². The smallest absolute Gasteiger partial charge is 0.236 e. The van der Waals surface area contributed by atoms with Crippen LogP contribution < -0.4 is 10.6 Å². The van der Waals surface area contributed by atoms with Gasteiger partial charge in [-0.05, 0) is 30.3 Å². The predicted octanol–water partition coefficient (Wildman–Crippen LogP) is 3.64. The van der Waals surface area contributed by atoms with E-state index in [1.807, 2.05) is 48.5 Å². The first-order chi connectivity index (χ1) is 12.1. The zero-order chi connectivity index (χ0) is 17.6. The van der Waals surface area contributed by atoms with E-state index in [1.54, 1.807) is 0 Å². The minimum atomic E-state index is -0.209. The van der Waals surface area contributed by atoms with Gasteiger partial charge in [-0.3, -0.25) is 14.9 Å². The van der Waals surface area contributed by atoms with Gasteiger partial charge in [-0.1, -0.05) is 34.1 Å². The molecule has 0 fully saturated rings. The Morgan fingerprint density at radius 2 is 1.80 bits per heavy atom. The summed E-state index contributed by atoms with van der Waals surface area (Å²) in [4.78, 5) is 31.1. The third-order valence-electron chi connectivity index (χ3n) is 3.22. The van der Waals surface area contributed by atoms with Crippen molar-refractivity contribution in [3.05, 3.63) is 53.0 Å². The van der Waals surface area contributed by atoms with Gasteiger partial charge in [0.2, 0.25) is 17.8 Å². The summed E-state index contributed by atoms with van der Waals surface area (Å²) in [5.74, 6) is 0.410. The Labute approximate surface area is 156 Å². The van der Waals surface area contributed by atoms with Gasteiger partial charge in [0.15, 0.2) is 0 Å². The lowest BCUT2D eigenvalue weighted by atomic mass is 10.3. The van der Waals surface area contributed by atoms with Crippen molar-refractivity contribution in [1.29, 1.82) is 0 Å². The lowest BCUT2D eigenvalue weighted by Crippen LogP contribution is -2.18. The molecule has 0 radical (unpaired) electrons. The Morgan fingerprint density at radius 3 is 2.56 bits per heavy atom. The number of fused-ring (bicyclic) bond motifs is 1. The average Bonchev–Trinajstić information content (AvgIpc) is 2.96. The van der Waals surface area contributed by atoms with Crippen LogP contribution in [0.3, 0.4) is 0 Å². The number of nitrogens with one attached hydrogen (secondary N) is 3. The van der Waals surface area contributed by atoms with Crippen molar-refractivity contribution in [2.45, 2.75) is 0 Å². The van der Waals surface area contributed by atoms with Gasteiger partial charge < -0.3 is 10.3 Å². The fourth-order valence-corrected chi connectivity index (χ4v) is 3.20. The first-order valence-corrected chi connectivity index (χ1v) is 9.43. The molecule has 8 heteroatoms. The molecule has 0 atom stereocenters.